The van der Waals surface area contributed by atoms with E-state index >= 15 is 0 Å². The molecule has 0 spiro atoms. The summed E-state index contributed by atoms with van der Waals surface area (Å²) in [6, 6.07) is 9.92. The van der Waals surface area contributed by atoms with Gasteiger partial charge in [-0.25, -0.2) is 5.48 Å². The topological polar surface area (TPSA) is 50.7 Å². The van der Waals surface area contributed by atoms with Crippen LogP contribution in [-0.2, 0) is 9.57 Å². The molecule has 90 valence electrons. The van der Waals surface area contributed by atoms with Crippen molar-refractivity contribution in [3.8, 4) is 0 Å². The van der Waals surface area contributed by atoms with Gasteiger partial charge in [0.25, 0.3) is 0 Å². The Morgan fingerprint density at radius 2 is 2.00 bits per heavy atom. The maximum Gasteiger partial charge on any atom is 0.0921 e. The fourth-order valence-electron chi connectivity index (χ4n) is 1.31. The second-order valence-corrected chi connectivity index (χ2v) is 3.59. The Balaban J connectivity index is 2.27. The summed E-state index contributed by atoms with van der Waals surface area (Å²) in [7, 11) is 1.51. The molecule has 0 saturated carbocycles. The molecule has 0 radical (unpaired) electrons. The number of aliphatic hydroxyl groups is 1. The number of benzene rings is 1. The van der Waals surface area contributed by atoms with Crippen LogP contribution in [0.2, 0.25) is 0 Å². The quantitative estimate of drug-likeness (QED) is 0.686. The lowest BCUT2D eigenvalue weighted by Gasteiger charge is -2.16. The number of hydrogen-bond acceptors (Lipinski definition) is 4. The van der Waals surface area contributed by atoms with Crippen molar-refractivity contribution < 1.29 is 14.7 Å². The first-order valence-electron chi connectivity index (χ1n) is 5.34. The fraction of sp³-hybridized carbons (Fsp3) is 0.500. The minimum Gasteiger partial charge on any atom is -0.389 e. The molecule has 2 unspecified atom stereocenters. The van der Waals surface area contributed by atoms with E-state index in [0.717, 1.165) is 5.56 Å². The molecular formula is C12H19NO3. The van der Waals surface area contributed by atoms with E-state index in [-0.39, 0.29) is 12.7 Å². The normalized spacial score (nSPS) is 14.7. The van der Waals surface area contributed by atoms with Gasteiger partial charge < -0.3 is 14.7 Å². The molecule has 16 heavy (non-hydrogen) atoms. The highest BCUT2D eigenvalue weighted by Gasteiger charge is 2.09. The summed E-state index contributed by atoms with van der Waals surface area (Å²) in [6.45, 7) is 2.61. The van der Waals surface area contributed by atoms with Crippen LogP contribution in [0.25, 0.3) is 0 Å². The van der Waals surface area contributed by atoms with Gasteiger partial charge in [0.05, 0.1) is 25.9 Å². The summed E-state index contributed by atoms with van der Waals surface area (Å²) >= 11 is 0. The van der Waals surface area contributed by atoms with Gasteiger partial charge in [-0.1, -0.05) is 30.3 Å². The van der Waals surface area contributed by atoms with Crippen molar-refractivity contribution in [3.63, 3.8) is 0 Å². The van der Waals surface area contributed by atoms with Gasteiger partial charge >= 0.3 is 0 Å². The molecule has 0 bridgehead atoms. The Morgan fingerprint density at radius 3 is 2.62 bits per heavy atom. The van der Waals surface area contributed by atoms with Crippen molar-refractivity contribution in [1.29, 1.82) is 0 Å². The average molecular weight is 225 g/mol. The van der Waals surface area contributed by atoms with Gasteiger partial charge in [-0.15, -0.1) is 0 Å². The van der Waals surface area contributed by atoms with Crippen LogP contribution < -0.4 is 5.48 Å². The predicted molar refractivity (Wildman–Crippen MR) is 61.8 cm³/mol. The van der Waals surface area contributed by atoms with Crippen molar-refractivity contribution in [1.82, 2.24) is 5.48 Å². The first-order valence-corrected chi connectivity index (χ1v) is 5.34. The molecule has 2 N–H and O–H groups in total. The van der Waals surface area contributed by atoms with Crippen molar-refractivity contribution in [3.05, 3.63) is 35.9 Å². The van der Waals surface area contributed by atoms with Crippen molar-refractivity contribution >= 4 is 0 Å². The zero-order valence-corrected chi connectivity index (χ0v) is 9.72. The summed E-state index contributed by atoms with van der Waals surface area (Å²) in [6.07, 6.45) is -0.579. The summed E-state index contributed by atoms with van der Waals surface area (Å²) in [5, 5.41) is 9.51. The molecule has 2 atom stereocenters. The lowest BCUT2D eigenvalue weighted by atomic mass is 10.1. The second-order valence-electron chi connectivity index (χ2n) is 3.59. The van der Waals surface area contributed by atoms with E-state index in [1.165, 1.54) is 7.11 Å². The fourth-order valence-corrected chi connectivity index (χ4v) is 1.31. The smallest absolute Gasteiger partial charge is 0.0921 e. The van der Waals surface area contributed by atoms with Gasteiger partial charge in [-0.2, -0.15) is 0 Å². The second kappa shape index (κ2) is 7.35. The zero-order valence-electron chi connectivity index (χ0n) is 9.72. The molecule has 1 aromatic rings. The molecule has 4 nitrogen and oxygen atoms in total. The Morgan fingerprint density at radius 1 is 1.31 bits per heavy atom. The molecule has 0 saturated heterocycles. The van der Waals surface area contributed by atoms with Crippen molar-refractivity contribution in [2.45, 2.75) is 19.1 Å². The standard InChI is InChI=1S/C12H19NO3/c1-10(11-6-4-3-5-7-11)16-9-12(14)8-13-15-2/h3-7,10,12-14H,8-9H2,1-2H3. The van der Waals surface area contributed by atoms with Crippen LogP contribution in [0.1, 0.15) is 18.6 Å². The molecule has 0 fully saturated rings. The molecule has 0 aromatic heterocycles. The SMILES string of the molecule is CONCC(O)COC(C)c1ccccc1. The first kappa shape index (κ1) is 13.1. The van der Waals surface area contributed by atoms with Gasteiger partial charge in [0.15, 0.2) is 0 Å². The summed E-state index contributed by atoms with van der Waals surface area (Å²) in [5.74, 6) is 0. The van der Waals surface area contributed by atoms with Gasteiger partial charge in [0.2, 0.25) is 0 Å². The predicted octanol–water partition coefficient (Wildman–Crippen LogP) is 1.28. The maximum absolute atomic E-state index is 9.51. The molecule has 0 amide bonds. The molecular weight excluding hydrogens is 206 g/mol. The van der Waals surface area contributed by atoms with Gasteiger partial charge in [0, 0.05) is 6.54 Å². The van der Waals surface area contributed by atoms with Crippen molar-refractivity contribution in [2.75, 3.05) is 20.3 Å². The number of rotatable bonds is 7. The minimum absolute atomic E-state index is 0.0154. The zero-order chi connectivity index (χ0) is 11.8. The Labute approximate surface area is 96.1 Å². The summed E-state index contributed by atoms with van der Waals surface area (Å²) in [5.41, 5.74) is 3.69. The molecule has 4 heteroatoms. The third-order valence-corrected chi connectivity index (χ3v) is 2.27. The number of aliphatic hydroxyl groups excluding tert-OH is 1. The lowest BCUT2D eigenvalue weighted by molar-refractivity contribution is -0.0226. The van der Waals surface area contributed by atoms with E-state index < -0.39 is 6.10 Å². The van der Waals surface area contributed by atoms with Crippen molar-refractivity contribution in [2.24, 2.45) is 0 Å². The number of nitrogens with one attached hydrogen (secondary N) is 1. The van der Waals surface area contributed by atoms with E-state index in [2.05, 4.69) is 10.3 Å². The first-order chi connectivity index (χ1) is 7.74. The highest BCUT2D eigenvalue weighted by Crippen LogP contribution is 2.15. The van der Waals surface area contributed by atoms with Gasteiger partial charge in [-0.3, -0.25) is 0 Å². The molecule has 0 aliphatic carbocycles. The van der Waals surface area contributed by atoms with E-state index in [4.69, 9.17) is 4.74 Å². The van der Waals surface area contributed by atoms with E-state index in [1.807, 2.05) is 37.3 Å². The van der Waals surface area contributed by atoms with E-state index in [0.29, 0.717) is 6.54 Å². The average Bonchev–Trinajstić information content (AvgIpc) is 2.34. The number of ether oxygens (including phenoxy) is 1. The third-order valence-electron chi connectivity index (χ3n) is 2.27. The molecule has 1 aromatic carbocycles. The maximum atomic E-state index is 9.51. The van der Waals surface area contributed by atoms with Crippen LogP contribution in [0.3, 0.4) is 0 Å². The summed E-state index contributed by atoms with van der Waals surface area (Å²) < 4.78 is 5.54. The molecule has 0 aliphatic heterocycles. The summed E-state index contributed by atoms with van der Waals surface area (Å²) in [4.78, 5) is 4.64. The highest BCUT2D eigenvalue weighted by molar-refractivity contribution is 5.16. The Kier molecular flexibility index (Phi) is 6.03. The third kappa shape index (κ3) is 4.72. The molecule has 0 aliphatic rings. The number of hydrogen-bond donors (Lipinski definition) is 2. The Bertz CT molecular complexity index is 279. The minimum atomic E-state index is -0.564. The van der Waals surface area contributed by atoms with Crippen LogP contribution in [0, 0.1) is 0 Å². The van der Waals surface area contributed by atoms with Crippen LogP contribution in [-0.4, -0.2) is 31.5 Å². The molecule has 0 heterocycles. The number of hydroxylamine groups is 1. The van der Waals surface area contributed by atoms with Crippen LogP contribution in [0.15, 0.2) is 30.3 Å². The largest absolute Gasteiger partial charge is 0.389 e. The van der Waals surface area contributed by atoms with E-state index in [9.17, 15) is 5.11 Å². The van der Waals surface area contributed by atoms with Gasteiger partial charge in [-0.05, 0) is 12.5 Å². The van der Waals surface area contributed by atoms with Crippen LogP contribution in [0.4, 0.5) is 0 Å². The Hall–Kier alpha value is -0.940. The lowest BCUT2D eigenvalue weighted by Crippen LogP contribution is -2.30. The van der Waals surface area contributed by atoms with E-state index in [1.54, 1.807) is 0 Å². The molecule has 1 rings (SSSR count). The monoisotopic (exact) mass is 225 g/mol. The van der Waals surface area contributed by atoms with Crippen LogP contribution in [0.5, 0.6) is 0 Å². The highest BCUT2D eigenvalue weighted by atomic mass is 16.6. The van der Waals surface area contributed by atoms with Gasteiger partial charge in [0.1, 0.15) is 0 Å². The van der Waals surface area contributed by atoms with Crippen LogP contribution >= 0.6 is 0 Å².